The summed E-state index contributed by atoms with van der Waals surface area (Å²) in [6.07, 6.45) is 5.43. The molecule has 0 aliphatic carbocycles. The molecule has 2 rings (SSSR count). The Hall–Kier alpha value is -2.04. The van der Waals surface area contributed by atoms with Crippen LogP contribution < -0.4 is 11.1 Å². The van der Waals surface area contributed by atoms with Gasteiger partial charge in [0.25, 0.3) is 0 Å². The van der Waals surface area contributed by atoms with Gasteiger partial charge in [-0.1, -0.05) is 13.0 Å². The smallest absolute Gasteiger partial charge is 0.147 e. The normalized spacial score (nSPS) is 10.6. The molecule has 2 heterocycles. The van der Waals surface area contributed by atoms with Gasteiger partial charge in [0.15, 0.2) is 0 Å². The predicted molar refractivity (Wildman–Crippen MR) is 73.4 cm³/mol. The zero-order chi connectivity index (χ0) is 13.0. The van der Waals surface area contributed by atoms with Gasteiger partial charge in [0.1, 0.15) is 5.82 Å². The maximum Gasteiger partial charge on any atom is 0.147 e. The summed E-state index contributed by atoms with van der Waals surface area (Å²) < 4.78 is 1.80. The maximum atomic E-state index is 6.04. The summed E-state index contributed by atoms with van der Waals surface area (Å²) in [5, 5.41) is 7.70. The van der Waals surface area contributed by atoms with Crippen molar-refractivity contribution in [3.8, 4) is 0 Å². The number of nitrogens with one attached hydrogen (secondary N) is 1. The van der Waals surface area contributed by atoms with Crippen molar-refractivity contribution in [2.45, 2.75) is 19.8 Å². The van der Waals surface area contributed by atoms with Gasteiger partial charge < -0.3 is 11.1 Å². The lowest BCUT2D eigenvalue weighted by Crippen LogP contribution is -2.10. The number of aryl methyl sites for hydroxylation is 2. The van der Waals surface area contributed by atoms with E-state index in [2.05, 4.69) is 28.4 Å². The largest absolute Gasteiger partial charge is 0.394 e. The van der Waals surface area contributed by atoms with Crippen molar-refractivity contribution in [3.63, 3.8) is 0 Å². The molecule has 0 bridgehead atoms. The molecule has 0 atom stereocenters. The number of rotatable bonds is 5. The number of anilines is 2. The lowest BCUT2D eigenvalue weighted by atomic mass is 10.2. The van der Waals surface area contributed by atoms with Gasteiger partial charge in [0.05, 0.1) is 11.4 Å². The van der Waals surface area contributed by atoms with Crippen LogP contribution in [0.25, 0.3) is 0 Å². The van der Waals surface area contributed by atoms with E-state index in [0.29, 0.717) is 0 Å². The number of nitrogens with two attached hydrogens (primary N) is 1. The van der Waals surface area contributed by atoms with Gasteiger partial charge >= 0.3 is 0 Å². The van der Waals surface area contributed by atoms with Gasteiger partial charge in [-0.15, -0.1) is 0 Å². The highest BCUT2D eigenvalue weighted by Gasteiger charge is 2.10. The Morgan fingerprint density at radius 3 is 2.89 bits per heavy atom. The first kappa shape index (κ1) is 12.4. The van der Waals surface area contributed by atoms with Crippen LogP contribution in [-0.4, -0.2) is 21.3 Å². The van der Waals surface area contributed by atoms with Crippen molar-refractivity contribution < 1.29 is 0 Å². The molecule has 0 saturated carbocycles. The molecule has 3 N–H and O–H groups in total. The molecule has 0 aromatic carbocycles. The summed E-state index contributed by atoms with van der Waals surface area (Å²) in [6, 6.07) is 4.02. The lowest BCUT2D eigenvalue weighted by molar-refractivity contribution is 0.747. The molecule has 0 amide bonds. The molecule has 5 nitrogen and oxygen atoms in total. The van der Waals surface area contributed by atoms with Gasteiger partial charge in [-0.25, -0.2) is 0 Å². The Bertz CT molecular complexity index is 504. The number of hydrogen-bond donors (Lipinski definition) is 2. The first-order chi connectivity index (χ1) is 8.72. The summed E-state index contributed by atoms with van der Waals surface area (Å²) >= 11 is 0. The number of nitrogens with zero attached hydrogens (tertiary/aromatic N) is 3. The average molecular weight is 245 g/mol. The quantitative estimate of drug-likeness (QED) is 0.839. The van der Waals surface area contributed by atoms with Crippen molar-refractivity contribution in [1.29, 1.82) is 0 Å². The molecule has 18 heavy (non-hydrogen) atoms. The second kappa shape index (κ2) is 5.53. The van der Waals surface area contributed by atoms with E-state index in [1.165, 1.54) is 5.56 Å². The van der Waals surface area contributed by atoms with E-state index in [1.807, 2.05) is 19.3 Å². The fourth-order valence-electron chi connectivity index (χ4n) is 1.94. The van der Waals surface area contributed by atoms with Crippen molar-refractivity contribution in [3.05, 3.63) is 35.8 Å². The van der Waals surface area contributed by atoms with Crippen LogP contribution in [0.1, 0.15) is 18.2 Å². The first-order valence-electron chi connectivity index (χ1n) is 6.16. The van der Waals surface area contributed by atoms with Crippen LogP contribution in [0.5, 0.6) is 0 Å². The average Bonchev–Trinajstić information content (AvgIpc) is 2.67. The van der Waals surface area contributed by atoms with E-state index in [1.54, 1.807) is 10.9 Å². The van der Waals surface area contributed by atoms with Crippen LogP contribution in [-0.2, 0) is 19.9 Å². The molecule has 0 saturated heterocycles. The van der Waals surface area contributed by atoms with Gasteiger partial charge in [-0.2, -0.15) is 5.10 Å². The Balaban J connectivity index is 1.96. The number of pyridine rings is 1. The molecule has 0 unspecified atom stereocenters. The fourth-order valence-corrected chi connectivity index (χ4v) is 1.94. The van der Waals surface area contributed by atoms with E-state index in [4.69, 9.17) is 5.73 Å². The molecule has 0 spiro atoms. The highest BCUT2D eigenvalue weighted by molar-refractivity contribution is 5.64. The van der Waals surface area contributed by atoms with E-state index < -0.39 is 0 Å². The summed E-state index contributed by atoms with van der Waals surface area (Å²) in [4.78, 5) is 4.09. The maximum absolute atomic E-state index is 6.04. The summed E-state index contributed by atoms with van der Waals surface area (Å²) in [5.41, 5.74) is 8.95. The highest BCUT2D eigenvalue weighted by atomic mass is 15.3. The summed E-state index contributed by atoms with van der Waals surface area (Å²) in [7, 11) is 1.90. The van der Waals surface area contributed by atoms with E-state index in [0.717, 1.165) is 36.6 Å². The molecule has 0 radical (unpaired) electrons. The van der Waals surface area contributed by atoms with Crippen LogP contribution in [0.2, 0.25) is 0 Å². The third-order valence-electron chi connectivity index (χ3n) is 2.92. The zero-order valence-electron chi connectivity index (χ0n) is 10.8. The van der Waals surface area contributed by atoms with Crippen LogP contribution in [0.4, 0.5) is 11.5 Å². The first-order valence-corrected chi connectivity index (χ1v) is 6.16. The minimum atomic E-state index is 0.756. The minimum absolute atomic E-state index is 0.756. The lowest BCUT2D eigenvalue weighted by Gasteiger charge is -2.07. The van der Waals surface area contributed by atoms with Crippen LogP contribution >= 0.6 is 0 Å². The molecule has 0 aliphatic rings. The van der Waals surface area contributed by atoms with Crippen LogP contribution in [0, 0.1) is 0 Å². The molecular weight excluding hydrogens is 226 g/mol. The predicted octanol–water partition coefficient (Wildman–Crippen LogP) is 1.61. The molecule has 5 heteroatoms. The Morgan fingerprint density at radius 1 is 1.44 bits per heavy atom. The summed E-state index contributed by atoms with van der Waals surface area (Å²) in [6.45, 7) is 2.87. The summed E-state index contributed by atoms with van der Waals surface area (Å²) in [5.74, 6) is 0.899. The van der Waals surface area contributed by atoms with Gasteiger partial charge in [-0.3, -0.25) is 9.67 Å². The molecule has 96 valence electrons. The molecule has 0 fully saturated rings. The SMILES string of the molecule is CCc1nn(C)c(NCCc2cccnc2)c1N. The molecule has 2 aromatic heterocycles. The molecule has 2 aromatic rings. The van der Waals surface area contributed by atoms with E-state index in [9.17, 15) is 0 Å². The molecule has 0 aliphatic heterocycles. The second-order valence-electron chi connectivity index (χ2n) is 4.22. The van der Waals surface area contributed by atoms with Crippen molar-refractivity contribution in [2.24, 2.45) is 7.05 Å². The van der Waals surface area contributed by atoms with E-state index in [-0.39, 0.29) is 0 Å². The van der Waals surface area contributed by atoms with Crippen LogP contribution in [0.3, 0.4) is 0 Å². The highest BCUT2D eigenvalue weighted by Crippen LogP contribution is 2.21. The second-order valence-corrected chi connectivity index (χ2v) is 4.22. The molecular formula is C13H19N5. The monoisotopic (exact) mass is 245 g/mol. The number of nitrogen functional groups attached to an aromatic ring is 1. The Labute approximate surface area is 107 Å². The van der Waals surface area contributed by atoms with Gasteiger partial charge in [0.2, 0.25) is 0 Å². The standard InChI is InChI=1S/C13H19N5/c1-3-11-12(14)13(18(2)17-11)16-8-6-10-5-4-7-15-9-10/h4-5,7,9,16H,3,6,8,14H2,1-2H3. The zero-order valence-corrected chi connectivity index (χ0v) is 10.8. The topological polar surface area (TPSA) is 68.8 Å². The third kappa shape index (κ3) is 2.61. The minimum Gasteiger partial charge on any atom is -0.394 e. The van der Waals surface area contributed by atoms with Crippen molar-refractivity contribution in [1.82, 2.24) is 14.8 Å². The van der Waals surface area contributed by atoms with Crippen molar-refractivity contribution in [2.75, 3.05) is 17.6 Å². The van der Waals surface area contributed by atoms with E-state index >= 15 is 0 Å². The Kier molecular flexibility index (Phi) is 3.82. The Morgan fingerprint density at radius 2 is 2.28 bits per heavy atom. The third-order valence-corrected chi connectivity index (χ3v) is 2.92. The van der Waals surface area contributed by atoms with Gasteiger partial charge in [-0.05, 0) is 24.5 Å². The van der Waals surface area contributed by atoms with Gasteiger partial charge in [0, 0.05) is 26.0 Å². The fraction of sp³-hybridized carbons (Fsp3) is 0.385. The van der Waals surface area contributed by atoms with Crippen molar-refractivity contribution >= 4 is 11.5 Å². The number of hydrogen-bond acceptors (Lipinski definition) is 4. The number of aromatic nitrogens is 3. The van der Waals surface area contributed by atoms with Crippen LogP contribution in [0.15, 0.2) is 24.5 Å².